The monoisotopic (exact) mass is 500 g/mol. The number of nitrogens with two attached hydrogens (primary N) is 2. The summed E-state index contributed by atoms with van der Waals surface area (Å²) in [5.41, 5.74) is 28.3. The molecule has 1 fully saturated rings. The lowest BCUT2D eigenvalue weighted by atomic mass is 9.49. The fourth-order valence-corrected chi connectivity index (χ4v) is 7.40. The Balaban J connectivity index is 1.46. The van der Waals surface area contributed by atoms with E-state index in [4.69, 9.17) is 16.9 Å². The molecule has 3 aliphatic carbocycles. The second-order valence-electron chi connectivity index (χ2n) is 10.9. The molecule has 0 radical (unpaired) electrons. The first-order chi connectivity index (χ1) is 17.8. The number of fused-ring (bicyclic) bond motifs is 5. The highest BCUT2D eigenvalue weighted by Crippen LogP contribution is 2.63. The molecule has 0 spiro atoms. The highest BCUT2D eigenvalue weighted by molar-refractivity contribution is 5.96. The summed E-state index contributed by atoms with van der Waals surface area (Å²) in [4.78, 5) is 15.7. The minimum atomic E-state index is -0.418. The van der Waals surface area contributed by atoms with Crippen LogP contribution in [0.1, 0.15) is 66.4 Å². The van der Waals surface area contributed by atoms with Crippen molar-refractivity contribution in [1.29, 1.82) is 5.41 Å². The second kappa shape index (κ2) is 9.72. The quantitative estimate of drug-likeness (QED) is 0.126. The van der Waals surface area contributed by atoms with Crippen LogP contribution in [-0.4, -0.2) is 36.9 Å². The van der Waals surface area contributed by atoms with Gasteiger partial charge < -0.3 is 22.1 Å². The minimum absolute atomic E-state index is 0.0379. The predicted octanol–water partition coefficient (Wildman–Crippen LogP) is 3.94. The van der Waals surface area contributed by atoms with Gasteiger partial charge in [-0.25, -0.2) is 0 Å². The van der Waals surface area contributed by atoms with E-state index >= 15 is 0 Å². The van der Waals surface area contributed by atoms with Crippen LogP contribution in [0.3, 0.4) is 0 Å². The van der Waals surface area contributed by atoms with Gasteiger partial charge in [0.05, 0.1) is 6.54 Å². The molecule has 2 unspecified atom stereocenters. The number of azide groups is 1. The molecular formula is C28H36N8O. The van der Waals surface area contributed by atoms with Gasteiger partial charge in [-0.1, -0.05) is 30.3 Å². The fourth-order valence-electron chi connectivity index (χ4n) is 7.40. The van der Waals surface area contributed by atoms with Crippen LogP contribution in [0.15, 0.2) is 58.4 Å². The van der Waals surface area contributed by atoms with E-state index in [2.05, 4.69) is 52.0 Å². The molecule has 194 valence electrons. The molecule has 0 saturated heterocycles. The average Bonchev–Trinajstić information content (AvgIpc) is 3.31. The van der Waals surface area contributed by atoms with E-state index < -0.39 is 5.54 Å². The first kappa shape index (κ1) is 25.1. The van der Waals surface area contributed by atoms with Crippen LogP contribution in [0.25, 0.3) is 10.4 Å². The lowest BCUT2D eigenvalue weighted by molar-refractivity contribution is 0.0415. The van der Waals surface area contributed by atoms with E-state index in [0.717, 1.165) is 45.1 Å². The summed E-state index contributed by atoms with van der Waals surface area (Å²) >= 11 is 0. The van der Waals surface area contributed by atoms with E-state index in [-0.39, 0.29) is 35.5 Å². The Morgan fingerprint density at radius 2 is 2.22 bits per heavy atom. The number of benzene rings is 1. The third-order valence-electron chi connectivity index (χ3n) is 9.09. The minimum Gasteiger partial charge on any atom is -0.387 e. The summed E-state index contributed by atoms with van der Waals surface area (Å²) in [5, 5.41) is 17.6. The van der Waals surface area contributed by atoms with Crippen molar-refractivity contribution >= 4 is 11.7 Å². The Bertz CT molecular complexity index is 1270. The number of rotatable bonds is 7. The summed E-state index contributed by atoms with van der Waals surface area (Å²) in [6.45, 7) is 3.40. The number of hydrogen-bond acceptors (Lipinski definition) is 5. The van der Waals surface area contributed by atoms with Crippen molar-refractivity contribution in [2.75, 3.05) is 19.6 Å². The summed E-state index contributed by atoms with van der Waals surface area (Å²) < 4.78 is 0. The Morgan fingerprint density at radius 1 is 1.38 bits per heavy atom. The van der Waals surface area contributed by atoms with Crippen LogP contribution in [0, 0.1) is 16.7 Å². The van der Waals surface area contributed by atoms with Crippen LogP contribution in [-0.2, 0) is 6.42 Å². The maximum atomic E-state index is 12.6. The van der Waals surface area contributed by atoms with Crippen molar-refractivity contribution < 1.29 is 4.79 Å². The molecule has 5 rings (SSSR count). The van der Waals surface area contributed by atoms with Gasteiger partial charge in [0.15, 0.2) is 0 Å². The number of aryl methyl sites for hydroxylation is 1. The third kappa shape index (κ3) is 4.22. The number of nitrogens with zero attached hydrogens (tertiary/aromatic N) is 3. The molecule has 1 aromatic rings. The highest BCUT2D eigenvalue weighted by atomic mass is 16.1. The standard InChI is InChI=1S/C28H36N8O/c1-2-17-11-20(14-33-13-17)22-5-6-24-27(22,16-35-36-32)9-8-23-21-4-3-19(26(37)34-15-25(29)30)12-18(21)7-10-28(23,24)31/h3-5,11-13,23-24,33H,2,6-10,14-16,31H2,1H3,(H3,29,30)(H,34,37)/t23?,24?,27-,28-/m0/s1. The molecule has 1 aliphatic heterocycles. The first-order valence-corrected chi connectivity index (χ1v) is 13.2. The van der Waals surface area contributed by atoms with E-state index in [9.17, 15) is 10.3 Å². The fraction of sp³-hybridized carbons (Fsp3) is 0.500. The lowest BCUT2D eigenvalue weighted by Gasteiger charge is -2.57. The van der Waals surface area contributed by atoms with Crippen LogP contribution < -0.4 is 22.1 Å². The van der Waals surface area contributed by atoms with E-state index in [1.54, 1.807) is 0 Å². The number of carbonyl (C=O) groups excluding carboxylic acids is 1. The molecule has 4 atom stereocenters. The smallest absolute Gasteiger partial charge is 0.251 e. The van der Waals surface area contributed by atoms with Gasteiger partial charge in [-0.2, -0.15) is 0 Å². The van der Waals surface area contributed by atoms with Gasteiger partial charge in [0.1, 0.15) is 5.84 Å². The number of hydrogen-bond donors (Lipinski definition) is 5. The van der Waals surface area contributed by atoms with Gasteiger partial charge in [0.2, 0.25) is 0 Å². The van der Waals surface area contributed by atoms with E-state index in [0.29, 0.717) is 12.1 Å². The molecule has 1 amide bonds. The van der Waals surface area contributed by atoms with Crippen molar-refractivity contribution in [3.8, 4) is 0 Å². The van der Waals surface area contributed by atoms with Gasteiger partial charge in [0, 0.05) is 40.4 Å². The Kier molecular flexibility index (Phi) is 6.60. The van der Waals surface area contributed by atoms with E-state index in [1.807, 2.05) is 12.1 Å². The van der Waals surface area contributed by atoms with Gasteiger partial charge in [-0.3, -0.25) is 10.2 Å². The average molecular weight is 501 g/mol. The number of amidine groups is 1. The van der Waals surface area contributed by atoms with Gasteiger partial charge in [-0.05, 0) is 96.2 Å². The lowest BCUT2D eigenvalue weighted by Crippen LogP contribution is -2.62. The number of nitrogens with one attached hydrogen (secondary N) is 3. The first-order valence-electron chi connectivity index (χ1n) is 13.2. The molecule has 1 heterocycles. The van der Waals surface area contributed by atoms with Gasteiger partial charge in [0.25, 0.3) is 5.91 Å². The normalized spacial score (nSPS) is 29.7. The van der Waals surface area contributed by atoms with Crippen molar-refractivity contribution in [2.45, 2.75) is 56.9 Å². The SMILES string of the molecule is CCC1=CNCC(C2=CCC3[C@]2(CN=[N+]=[N-])CCC2c4ccc(C(=O)NCC(=N)N)cc4CC[C@]23N)=C1. The van der Waals surface area contributed by atoms with Crippen LogP contribution in [0.5, 0.6) is 0 Å². The molecule has 37 heavy (non-hydrogen) atoms. The molecule has 0 bridgehead atoms. The molecule has 0 aromatic heterocycles. The Labute approximate surface area is 217 Å². The van der Waals surface area contributed by atoms with Crippen molar-refractivity contribution in [2.24, 2.45) is 27.9 Å². The Hall–Kier alpha value is -3.55. The van der Waals surface area contributed by atoms with Crippen molar-refractivity contribution in [3.05, 3.63) is 80.4 Å². The maximum absolute atomic E-state index is 12.6. The molecule has 4 aliphatic rings. The predicted molar refractivity (Wildman–Crippen MR) is 145 cm³/mol. The molecule has 9 heteroatoms. The summed E-state index contributed by atoms with van der Waals surface area (Å²) in [6, 6.07) is 5.90. The summed E-state index contributed by atoms with van der Waals surface area (Å²) in [5.74, 6) is 0.0749. The number of dihydropyridines is 1. The third-order valence-corrected chi connectivity index (χ3v) is 9.09. The molecular weight excluding hydrogens is 464 g/mol. The zero-order valence-electron chi connectivity index (χ0n) is 21.4. The molecule has 1 saturated carbocycles. The van der Waals surface area contributed by atoms with Crippen molar-refractivity contribution in [3.63, 3.8) is 0 Å². The topological polar surface area (TPSA) is 166 Å². The van der Waals surface area contributed by atoms with Gasteiger partial charge in [-0.15, -0.1) is 0 Å². The zero-order valence-corrected chi connectivity index (χ0v) is 21.4. The zero-order chi connectivity index (χ0) is 26.2. The number of carbonyl (C=O) groups is 1. The second-order valence-corrected chi connectivity index (χ2v) is 10.9. The Morgan fingerprint density at radius 3 is 2.97 bits per heavy atom. The van der Waals surface area contributed by atoms with Crippen molar-refractivity contribution in [1.82, 2.24) is 10.6 Å². The molecule has 9 nitrogen and oxygen atoms in total. The summed E-state index contributed by atoms with van der Waals surface area (Å²) in [6.07, 6.45) is 12.0. The largest absolute Gasteiger partial charge is 0.387 e. The van der Waals surface area contributed by atoms with Crippen LogP contribution in [0.2, 0.25) is 0 Å². The number of allylic oxidation sites excluding steroid dienone is 3. The summed E-state index contributed by atoms with van der Waals surface area (Å²) in [7, 11) is 0. The number of amides is 1. The van der Waals surface area contributed by atoms with Gasteiger partial charge >= 0.3 is 0 Å². The maximum Gasteiger partial charge on any atom is 0.251 e. The van der Waals surface area contributed by atoms with E-state index in [1.165, 1.54) is 27.8 Å². The highest BCUT2D eigenvalue weighted by Gasteiger charge is 2.60. The molecule has 1 aromatic carbocycles. The van der Waals surface area contributed by atoms with Crippen LogP contribution >= 0.6 is 0 Å². The van der Waals surface area contributed by atoms with Crippen LogP contribution in [0.4, 0.5) is 0 Å². The molecule has 7 N–H and O–H groups in total.